The first-order valence-corrected chi connectivity index (χ1v) is 54.0. The van der Waals surface area contributed by atoms with E-state index in [4.69, 9.17) is 24.1 Å². The number of pyridine rings is 1. The van der Waals surface area contributed by atoms with Crippen LogP contribution in [-0.4, -0.2) is 251 Å². The number of aliphatic hydroxyl groups excluding tert-OH is 2. The monoisotopic (exact) mass is 2060 g/mol. The van der Waals surface area contributed by atoms with Crippen molar-refractivity contribution < 1.29 is 61.6 Å². The predicted molar refractivity (Wildman–Crippen MR) is 611 cm³/mol. The summed E-state index contributed by atoms with van der Waals surface area (Å²) in [5, 5.41) is 38.6. The van der Waals surface area contributed by atoms with Gasteiger partial charge in [-0.25, -0.2) is 8.42 Å². The normalized spacial score (nSPS) is 12.4. The van der Waals surface area contributed by atoms with Gasteiger partial charge in [0.2, 0.25) is 32.7 Å². The molecule has 0 radical (unpaired) electrons. The van der Waals surface area contributed by atoms with E-state index in [1.54, 1.807) is 42.0 Å². The molecule has 1 fully saturated rings. The first kappa shape index (κ1) is 129. The largest absolute Gasteiger partial charge is 0.497 e. The Labute approximate surface area is 890 Å². The van der Waals surface area contributed by atoms with E-state index in [0.717, 1.165) is 148 Å². The molecule has 0 aliphatic carbocycles. The summed E-state index contributed by atoms with van der Waals surface area (Å²) >= 11 is 0. The molecule has 1 aliphatic heterocycles. The van der Waals surface area contributed by atoms with E-state index in [-0.39, 0.29) is 91.3 Å². The molecule has 0 saturated carbocycles. The Morgan fingerprint density at radius 2 is 0.946 bits per heavy atom. The molecule has 28 heteroatoms. The SMILES string of the molecule is CCCn1c(-c2cccc(C)c2)nnc1S(=O)(=O)CC(C)(C)C.CCN(CC(=O)Cc1ccc(OC)cc1)CC(C)(C)C.CCN(CC(=O)Nc1ccccc1CO)CC(C)(C)C.CCOc1ccc(NC(=O)CN(C)CC(C)(C)C)cc1OCC.CN(CC(=O)Cc1ccc(N2CCOCC2)cc1)CC(C)(C)C.CN(CC(=O)Nc1ccc(CO)cc1)CC(C)(C)C.Cc1ccccc1Cc1ncccc1NCC(C)(C)C. The third kappa shape index (κ3) is 55.1. The summed E-state index contributed by atoms with van der Waals surface area (Å²) in [6.45, 7) is 73.6. The fourth-order valence-corrected chi connectivity index (χ4v) is 18.5. The van der Waals surface area contributed by atoms with Crippen LogP contribution in [0.4, 0.5) is 28.4 Å². The molecule has 7 aromatic carbocycles. The van der Waals surface area contributed by atoms with Gasteiger partial charge >= 0.3 is 0 Å². The Hall–Kier alpha value is -10.8. The Kier molecular flexibility index (Phi) is 55.5. The van der Waals surface area contributed by atoms with Crippen molar-refractivity contribution in [2.24, 2.45) is 37.9 Å². The molecule has 6 N–H and O–H groups in total. The standard InChI is InChI=1S/C19H30N2O2.C18H30N2O3.C18H24N2.C17H25N3O2S.C17H27NO2.C16H26N2O2.C15H24N2O2/c1-19(2,3)15-20(4)14-18(22)13-16-5-7-17(8-6-16)21-9-11-23-12-10-21;1-7-22-15-10-9-14(11-16(15)23-8-2)19-17(21)12-20(6)13-18(3,4)5;1-14-8-5-6-9-15(14)12-17-16(10-7-11-19-17)20-13-18(2,3)4;1-6-10-20-15(14-9-7-8-13(2)11-14)18-19-16(20)23(21,22)12-17(3,4)5;1-6-18(13-17(2,3)4)12-15(19)11-14-7-9-16(20-5)10-8-14;1-5-18(12-16(2,3)4)10-15(20)17-14-9-7-6-8-13(14)11-19;1-15(2,3)11-17(4)9-14(19)16-13-7-5-12(10-18)6-8-13/h5-8H,9-15H2,1-4H3;9-11H,7-8,12-13H2,1-6H3,(H,19,21);5-11,20H,12-13H2,1-4H3;7-9,11H,6,10,12H2,1-5H3;7-10H,6,11-13H2,1-5H3;6-9,19H,5,10-12H2,1-4H3,(H,17,20);5-8,18H,9-11H2,1-4H3,(H,16,19). The first-order chi connectivity index (χ1) is 69.2. The van der Waals surface area contributed by atoms with E-state index in [2.05, 4.69) is 256 Å². The van der Waals surface area contributed by atoms with Gasteiger partial charge in [-0.15, -0.1) is 10.2 Å². The molecule has 0 unspecified atom stereocenters. The van der Waals surface area contributed by atoms with Gasteiger partial charge < -0.3 is 55.3 Å². The number of rotatable bonds is 41. The Bertz CT molecular complexity index is 5520. The third-order valence-corrected chi connectivity index (χ3v) is 24.3. The topological polar surface area (TPSA) is 308 Å². The minimum absolute atomic E-state index is 0.0164. The number of hydrogen-bond donors (Lipinski definition) is 6. The molecule has 0 spiro atoms. The number of benzene rings is 7. The van der Waals surface area contributed by atoms with Gasteiger partial charge in [0.25, 0.3) is 0 Å². The lowest BCUT2D eigenvalue weighted by Crippen LogP contribution is -2.38. The zero-order chi connectivity index (χ0) is 111. The highest BCUT2D eigenvalue weighted by atomic mass is 32.2. The van der Waals surface area contributed by atoms with Gasteiger partial charge in [0, 0.05) is 124 Å². The molecule has 3 amide bonds. The average molecular weight is 2060 g/mol. The van der Waals surface area contributed by atoms with Gasteiger partial charge in [0.15, 0.2) is 28.9 Å². The molecule has 3 heterocycles. The van der Waals surface area contributed by atoms with Crippen LogP contribution in [0.3, 0.4) is 0 Å². The van der Waals surface area contributed by atoms with Gasteiger partial charge in [-0.05, 0) is 207 Å². The number of aliphatic hydroxyl groups is 2. The molecule has 2 aromatic heterocycles. The summed E-state index contributed by atoms with van der Waals surface area (Å²) in [5.74, 6) is 3.26. The molecule has 0 bridgehead atoms. The molecule has 10 rings (SSSR count). The minimum Gasteiger partial charge on any atom is -0.497 e. The number of nitrogens with zero attached hydrogens (tertiary/aromatic N) is 10. The van der Waals surface area contributed by atoms with Crippen LogP contribution in [0.5, 0.6) is 17.2 Å². The van der Waals surface area contributed by atoms with Gasteiger partial charge in [-0.2, -0.15) is 0 Å². The first-order valence-electron chi connectivity index (χ1n) is 52.4. The van der Waals surface area contributed by atoms with Crippen molar-refractivity contribution in [3.05, 3.63) is 227 Å². The number of aromatic nitrogens is 4. The number of anilines is 5. The van der Waals surface area contributed by atoms with Gasteiger partial charge in [0.1, 0.15) is 5.75 Å². The van der Waals surface area contributed by atoms with Gasteiger partial charge in [-0.3, -0.25) is 58.0 Å². The molecule has 1 saturated heterocycles. The maximum Gasteiger partial charge on any atom is 0.250 e. The highest BCUT2D eigenvalue weighted by Crippen LogP contribution is 2.33. The average Bonchev–Trinajstić information content (AvgIpc) is 1.63. The Morgan fingerprint density at radius 1 is 0.466 bits per heavy atom. The van der Waals surface area contributed by atoms with Crippen LogP contribution in [-0.2, 0) is 77.6 Å². The van der Waals surface area contributed by atoms with E-state index < -0.39 is 9.84 Å². The Morgan fingerprint density at radius 3 is 1.44 bits per heavy atom. The van der Waals surface area contributed by atoms with Gasteiger partial charge in [0.05, 0.1) is 96.6 Å². The zero-order valence-electron chi connectivity index (χ0n) is 96.2. The number of sulfone groups is 1. The third-order valence-electron chi connectivity index (χ3n) is 22.2. The number of carbonyl (C=O) groups is 5. The number of methoxy groups -OCH3 is 1. The van der Waals surface area contributed by atoms with Crippen molar-refractivity contribution >= 4 is 67.6 Å². The molecule has 0 atom stereocenters. The van der Waals surface area contributed by atoms with E-state index in [1.165, 1.54) is 16.8 Å². The van der Waals surface area contributed by atoms with Crippen LogP contribution in [0.2, 0.25) is 0 Å². The number of aryl methyl sites for hydroxylation is 2. The van der Waals surface area contributed by atoms with Gasteiger partial charge in [-0.1, -0.05) is 269 Å². The summed E-state index contributed by atoms with van der Waals surface area (Å²) < 4.78 is 48.8. The van der Waals surface area contributed by atoms with Crippen molar-refractivity contribution in [3.8, 4) is 28.6 Å². The maximum absolute atomic E-state index is 12.7. The predicted octanol–water partition coefficient (Wildman–Crippen LogP) is 21.7. The highest BCUT2D eigenvalue weighted by molar-refractivity contribution is 7.91. The quantitative estimate of drug-likeness (QED) is 0.0207. The van der Waals surface area contributed by atoms with Crippen LogP contribution in [0.25, 0.3) is 11.4 Å². The number of para-hydroxylation sites is 1. The van der Waals surface area contributed by atoms with Crippen molar-refractivity contribution in [2.75, 3.05) is 185 Å². The molecule has 148 heavy (non-hydrogen) atoms. The minimum atomic E-state index is -3.48. The molecular formula is C120H186N14O13S. The highest BCUT2D eigenvalue weighted by Gasteiger charge is 2.31. The van der Waals surface area contributed by atoms with E-state index in [1.807, 2.05) is 177 Å². The lowest BCUT2D eigenvalue weighted by molar-refractivity contribution is -0.120. The van der Waals surface area contributed by atoms with Crippen LogP contribution >= 0.6 is 0 Å². The maximum atomic E-state index is 12.7. The summed E-state index contributed by atoms with van der Waals surface area (Å²) in [6.07, 6.45) is 4.56. The van der Waals surface area contributed by atoms with E-state index in [9.17, 15) is 37.5 Å². The van der Waals surface area contributed by atoms with E-state index >= 15 is 0 Å². The van der Waals surface area contributed by atoms with Crippen LogP contribution in [0.15, 0.2) is 187 Å². The number of carbonyl (C=O) groups excluding carboxylic acids is 5. The number of nitrogens with one attached hydrogen (secondary N) is 4. The zero-order valence-corrected chi connectivity index (χ0v) is 97.0. The number of morpholine rings is 1. The van der Waals surface area contributed by atoms with Crippen molar-refractivity contribution in [1.29, 1.82) is 0 Å². The molecule has 27 nitrogen and oxygen atoms in total. The second-order valence-electron chi connectivity index (χ2n) is 47.0. The lowest BCUT2D eigenvalue weighted by Gasteiger charge is -2.29. The second-order valence-corrected chi connectivity index (χ2v) is 48.9. The number of ether oxygens (including phenoxy) is 4. The number of likely N-dealkylation sites (N-methyl/N-ethyl adjacent to an activating group) is 5. The Balaban J connectivity index is 0.000000360. The smallest absolute Gasteiger partial charge is 0.250 e. The molecule has 820 valence electrons. The molecule has 1 aliphatic rings. The number of amides is 3. The molecular weight excluding hydrogens is 1880 g/mol. The van der Waals surface area contributed by atoms with Crippen LogP contribution < -0.4 is 40.4 Å². The van der Waals surface area contributed by atoms with Crippen LogP contribution in [0.1, 0.15) is 231 Å². The summed E-state index contributed by atoms with van der Waals surface area (Å²) in [7, 11) is 4.08. The van der Waals surface area contributed by atoms with Crippen molar-refractivity contribution in [2.45, 2.75) is 244 Å². The fraction of sp³-hybridized carbons (Fsp3) is 0.550. The van der Waals surface area contributed by atoms with Crippen molar-refractivity contribution in [3.63, 3.8) is 0 Å². The summed E-state index contributed by atoms with van der Waals surface area (Å²) in [4.78, 5) is 77.9. The van der Waals surface area contributed by atoms with Crippen molar-refractivity contribution in [1.82, 2.24) is 44.2 Å². The second kappa shape index (κ2) is 63.4. The molecule has 9 aromatic rings. The number of hydrogen-bond acceptors (Lipinski definition) is 23. The number of Topliss-reactive ketones (excluding diaryl/α,β-unsaturated/α-hetero) is 2. The lowest BCUT2D eigenvalue weighted by atomic mass is 9.96. The fourth-order valence-electron chi connectivity index (χ4n) is 16.6. The summed E-state index contributed by atoms with van der Waals surface area (Å²) in [5.41, 5.74) is 14.9. The van der Waals surface area contributed by atoms with E-state index in [0.29, 0.717) is 94.0 Å². The van der Waals surface area contributed by atoms with Crippen LogP contribution in [0, 0.1) is 51.8 Å². The number of ketones is 2. The summed E-state index contributed by atoms with van der Waals surface area (Å²) in [6, 6.07) is 56.5.